The Morgan fingerprint density at radius 1 is 1.38 bits per heavy atom. The average molecular weight is 374 g/mol. The smallest absolute Gasteiger partial charge is 0.233 e. The fourth-order valence-electron chi connectivity index (χ4n) is 3.27. The Morgan fingerprint density at radius 3 is 3.08 bits per heavy atom. The lowest BCUT2D eigenvalue weighted by molar-refractivity contribution is -0.132. The summed E-state index contributed by atoms with van der Waals surface area (Å²) >= 11 is 1.32. The van der Waals surface area contributed by atoms with Gasteiger partial charge >= 0.3 is 0 Å². The highest BCUT2D eigenvalue weighted by molar-refractivity contribution is 7.99. The normalized spacial score (nSPS) is 17.8. The van der Waals surface area contributed by atoms with Crippen LogP contribution in [0.5, 0.6) is 0 Å². The molecule has 26 heavy (non-hydrogen) atoms. The minimum atomic E-state index is -0.303. The zero-order valence-corrected chi connectivity index (χ0v) is 15.1. The number of benzene rings is 1. The van der Waals surface area contributed by atoms with Crippen LogP contribution in [-0.4, -0.2) is 48.3 Å². The van der Waals surface area contributed by atoms with E-state index in [4.69, 9.17) is 0 Å². The summed E-state index contributed by atoms with van der Waals surface area (Å²) < 4.78 is 13.4. The second kappa shape index (κ2) is 7.06. The number of amides is 1. The number of carbonyl (C=O) groups excluding carboxylic acids is 1. The number of nitrogens with one attached hydrogen (secondary N) is 2. The van der Waals surface area contributed by atoms with Crippen LogP contribution < -0.4 is 0 Å². The van der Waals surface area contributed by atoms with E-state index in [2.05, 4.69) is 25.1 Å². The number of imidazole rings is 1. The van der Waals surface area contributed by atoms with Crippen molar-refractivity contribution >= 4 is 28.7 Å². The molecule has 0 radical (unpaired) electrons. The zero-order valence-electron chi connectivity index (χ0n) is 14.3. The molecule has 1 unspecified atom stereocenters. The average Bonchev–Trinajstić information content (AvgIpc) is 3.25. The molecule has 1 atom stereocenters. The summed E-state index contributed by atoms with van der Waals surface area (Å²) in [5.41, 5.74) is 1.37. The summed E-state index contributed by atoms with van der Waals surface area (Å²) in [5.74, 6) is 1.46. The topological polar surface area (TPSA) is 90.6 Å². The number of fused-ring (bicyclic) bond motifs is 1. The molecule has 0 bridgehead atoms. The van der Waals surface area contributed by atoms with Gasteiger partial charge in [-0.25, -0.2) is 14.4 Å². The summed E-state index contributed by atoms with van der Waals surface area (Å²) in [4.78, 5) is 26.6. The molecule has 1 aliphatic rings. The van der Waals surface area contributed by atoms with Crippen LogP contribution in [0.25, 0.3) is 11.0 Å². The second-order valence-corrected chi connectivity index (χ2v) is 7.32. The molecule has 4 rings (SSSR count). The molecule has 2 N–H and O–H groups in total. The van der Waals surface area contributed by atoms with E-state index in [1.165, 1.54) is 23.9 Å². The Morgan fingerprint density at radius 2 is 2.27 bits per heavy atom. The van der Waals surface area contributed by atoms with Crippen molar-refractivity contribution in [1.29, 1.82) is 0 Å². The molecule has 1 amide bonds. The minimum Gasteiger partial charge on any atom is -0.340 e. The summed E-state index contributed by atoms with van der Waals surface area (Å²) in [5, 5.41) is 7.40. The van der Waals surface area contributed by atoms with E-state index in [1.807, 2.05) is 11.8 Å². The predicted molar refractivity (Wildman–Crippen MR) is 96.2 cm³/mol. The van der Waals surface area contributed by atoms with Gasteiger partial charge in [0.05, 0.1) is 22.8 Å². The molecule has 1 fully saturated rings. The largest absolute Gasteiger partial charge is 0.340 e. The Balaban J connectivity index is 1.52. The maximum atomic E-state index is 13.4. The van der Waals surface area contributed by atoms with Gasteiger partial charge in [-0.05, 0) is 44.4 Å². The molecule has 1 saturated heterocycles. The molecule has 0 spiro atoms. The first kappa shape index (κ1) is 17.0. The maximum Gasteiger partial charge on any atom is 0.233 e. The van der Waals surface area contributed by atoms with Crippen molar-refractivity contribution in [2.75, 3.05) is 12.3 Å². The van der Waals surface area contributed by atoms with Gasteiger partial charge in [0.15, 0.2) is 0 Å². The Kier molecular flexibility index (Phi) is 4.62. The molecule has 1 aromatic carbocycles. The Labute approximate surface area is 153 Å². The number of thioether (sulfide) groups is 1. The van der Waals surface area contributed by atoms with Gasteiger partial charge in [-0.2, -0.15) is 0 Å². The number of hydrogen-bond acceptors (Lipinski definition) is 5. The van der Waals surface area contributed by atoms with Crippen LogP contribution in [0.1, 0.15) is 37.0 Å². The van der Waals surface area contributed by atoms with Gasteiger partial charge in [0.2, 0.25) is 11.1 Å². The van der Waals surface area contributed by atoms with Crippen LogP contribution in [0, 0.1) is 12.7 Å². The number of aromatic amines is 2. The van der Waals surface area contributed by atoms with E-state index in [-0.39, 0.29) is 23.5 Å². The number of hydrogen-bond donors (Lipinski definition) is 2. The third-order valence-corrected chi connectivity index (χ3v) is 5.33. The molecule has 7 nitrogen and oxygen atoms in total. The van der Waals surface area contributed by atoms with E-state index >= 15 is 0 Å². The Bertz CT molecular complexity index is 938. The van der Waals surface area contributed by atoms with Gasteiger partial charge in [0.1, 0.15) is 17.5 Å². The SMILES string of the molecule is Cc1nc(SCC(=O)N2CCCCC2c2nc3ccc(F)cc3[nH]2)n[nH]1. The summed E-state index contributed by atoms with van der Waals surface area (Å²) in [6.07, 6.45) is 2.85. The van der Waals surface area contributed by atoms with Crippen LogP contribution in [0.15, 0.2) is 23.4 Å². The fraction of sp³-hybridized carbons (Fsp3) is 0.412. The number of piperidine rings is 1. The zero-order chi connectivity index (χ0) is 18.1. The van der Waals surface area contributed by atoms with Crippen LogP contribution in [0.2, 0.25) is 0 Å². The van der Waals surface area contributed by atoms with Crippen molar-refractivity contribution < 1.29 is 9.18 Å². The number of aromatic nitrogens is 5. The van der Waals surface area contributed by atoms with Gasteiger partial charge in [0.25, 0.3) is 0 Å². The van der Waals surface area contributed by atoms with Crippen molar-refractivity contribution in [2.24, 2.45) is 0 Å². The van der Waals surface area contributed by atoms with Crippen molar-refractivity contribution in [3.8, 4) is 0 Å². The molecular weight excluding hydrogens is 355 g/mol. The summed E-state index contributed by atoms with van der Waals surface area (Å²) in [6, 6.07) is 4.37. The lowest BCUT2D eigenvalue weighted by atomic mass is 10.0. The first-order chi connectivity index (χ1) is 12.6. The van der Waals surface area contributed by atoms with E-state index in [0.29, 0.717) is 22.7 Å². The summed E-state index contributed by atoms with van der Waals surface area (Å²) in [7, 11) is 0. The Hall–Kier alpha value is -2.42. The van der Waals surface area contributed by atoms with Crippen LogP contribution in [0.3, 0.4) is 0 Å². The number of rotatable bonds is 4. The number of nitrogens with zero attached hydrogens (tertiary/aromatic N) is 4. The van der Waals surface area contributed by atoms with Gasteiger partial charge in [-0.1, -0.05) is 11.8 Å². The van der Waals surface area contributed by atoms with Gasteiger partial charge < -0.3 is 9.88 Å². The van der Waals surface area contributed by atoms with E-state index in [9.17, 15) is 9.18 Å². The molecule has 9 heteroatoms. The van der Waals surface area contributed by atoms with Gasteiger partial charge in [-0.15, -0.1) is 5.10 Å². The molecule has 1 aliphatic heterocycles. The van der Waals surface area contributed by atoms with Crippen LogP contribution in [0.4, 0.5) is 4.39 Å². The number of H-pyrrole nitrogens is 2. The maximum absolute atomic E-state index is 13.4. The number of carbonyl (C=O) groups is 1. The van der Waals surface area contributed by atoms with E-state index in [1.54, 1.807) is 6.07 Å². The highest BCUT2D eigenvalue weighted by Gasteiger charge is 2.30. The third-order valence-electron chi connectivity index (χ3n) is 4.50. The monoisotopic (exact) mass is 374 g/mol. The van der Waals surface area contributed by atoms with Gasteiger partial charge in [-0.3, -0.25) is 9.89 Å². The first-order valence-electron chi connectivity index (χ1n) is 8.56. The fourth-order valence-corrected chi connectivity index (χ4v) is 4.00. The molecule has 2 aromatic heterocycles. The second-order valence-electron chi connectivity index (χ2n) is 6.37. The standard InChI is InChI=1S/C17H19FN6OS/c1-10-19-17(23-22-10)26-9-15(25)24-7-3-2-4-14(24)16-20-12-6-5-11(18)8-13(12)21-16/h5-6,8,14H,2-4,7,9H2,1H3,(H,20,21)(H,19,22,23). The molecule has 3 aromatic rings. The van der Waals surface area contributed by atoms with Crippen molar-refractivity contribution in [1.82, 2.24) is 30.0 Å². The quantitative estimate of drug-likeness (QED) is 0.685. The number of likely N-dealkylation sites (tertiary alicyclic amines) is 1. The highest BCUT2D eigenvalue weighted by Crippen LogP contribution is 2.31. The van der Waals surface area contributed by atoms with Crippen molar-refractivity contribution in [3.63, 3.8) is 0 Å². The van der Waals surface area contributed by atoms with Gasteiger partial charge in [0, 0.05) is 6.54 Å². The summed E-state index contributed by atoms with van der Waals surface area (Å²) in [6.45, 7) is 2.52. The molecule has 0 saturated carbocycles. The highest BCUT2D eigenvalue weighted by atomic mass is 32.2. The molecule has 0 aliphatic carbocycles. The molecule has 3 heterocycles. The number of aryl methyl sites for hydroxylation is 1. The van der Waals surface area contributed by atoms with E-state index in [0.717, 1.165) is 30.9 Å². The molecular formula is C17H19FN6OS. The first-order valence-corrected chi connectivity index (χ1v) is 9.55. The lowest BCUT2D eigenvalue weighted by Crippen LogP contribution is -2.40. The van der Waals surface area contributed by atoms with E-state index < -0.39 is 0 Å². The van der Waals surface area contributed by atoms with Crippen LogP contribution >= 0.6 is 11.8 Å². The third kappa shape index (κ3) is 3.44. The molecule has 136 valence electrons. The van der Waals surface area contributed by atoms with Crippen LogP contribution in [-0.2, 0) is 4.79 Å². The van der Waals surface area contributed by atoms with Crippen molar-refractivity contribution in [3.05, 3.63) is 35.7 Å². The predicted octanol–water partition coefficient (Wildman–Crippen LogP) is 2.97. The van der Waals surface area contributed by atoms with Crippen molar-refractivity contribution in [2.45, 2.75) is 37.4 Å². The number of halogens is 1. The minimum absolute atomic E-state index is 0.0359. The lowest BCUT2D eigenvalue weighted by Gasteiger charge is -2.34.